The van der Waals surface area contributed by atoms with Crippen molar-refractivity contribution in [2.45, 2.75) is 26.1 Å². The van der Waals surface area contributed by atoms with Crippen molar-refractivity contribution < 1.29 is 21.1 Å². The first kappa shape index (κ1) is 25.4. The average Bonchev–Trinajstić information content (AvgIpc) is 2.58. The van der Waals surface area contributed by atoms with Crippen LogP contribution >= 0.6 is 0 Å². The summed E-state index contributed by atoms with van der Waals surface area (Å²) >= 11 is 0. The van der Waals surface area contributed by atoms with Crippen LogP contribution in [0, 0.1) is 26.5 Å². The molecule has 0 N–H and O–H groups in total. The van der Waals surface area contributed by atoms with Crippen LogP contribution in [-0.2, 0) is 21.1 Å². The zero-order chi connectivity index (χ0) is 13.4. The molecule has 0 heterocycles. The molecule has 2 heteroatoms. The quantitative estimate of drug-likeness (QED) is 0.375. The summed E-state index contributed by atoms with van der Waals surface area (Å²) in [4.78, 5) is 0. The number of rotatable bonds is 0. The molecule has 0 aromatic carbocycles. The van der Waals surface area contributed by atoms with E-state index in [0.717, 1.165) is 6.42 Å². The van der Waals surface area contributed by atoms with E-state index in [-0.39, 0.29) is 21.1 Å². The molecular formula is C15H26PtSi. The van der Waals surface area contributed by atoms with Crippen LogP contribution in [0.4, 0.5) is 0 Å². The molecule has 0 bridgehead atoms. The maximum atomic E-state index is 3.91. The van der Waals surface area contributed by atoms with E-state index in [2.05, 4.69) is 65.3 Å². The van der Waals surface area contributed by atoms with E-state index in [4.69, 9.17) is 0 Å². The van der Waals surface area contributed by atoms with E-state index in [9.17, 15) is 0 Å². The Hall–Kier alpha value is -0.395. The van der Waals surface area contributed by atoms with Gasteiger partial charge in [-0.25, -0.2) is 51.3 Å². The summed E-state index contributed by atoms with van der Waals surface area (Å²) in [7, 11) is -0.861. The fourth-order valence-electron chi connectivity index (χ4n) is 0.340. The first-order valence-corrected chi connectivity index (χ1v) is 8.91. The largest absolute Gasteiger partial charge is 4.00 e. The molecule has 0 nitrogen and oxygen atoms in total. The predicted octanol–water partition coefficient (Wildman–Crippen LogP) is 5.01. The minimum Gasteiger partial charge on any atom is -0.342 e. The fraction of sp³-hybridized carbons (Fsp3) is 0.267. The Labute approximate surface area is 125 Å². The molecule has 1 aliphatic rings. The van der Waals surface area contributed by atoms with Gasteiger partial charge in [0, 0.05) is 0 Å². The number of hydrogen-bond donors (Lipinski definition) is 0. The minimum absolute atomic E-state index is 0. The second kappa shape index (κ2) is 21.0. The molecule has 0 aliphatic heterocycles. The smallest absolute Gasteiger partial charge is 0.342 e. The third kappa shape index (κ3) is 136. The van der Waals surface area contributed by atoms with Gasteiger partial charge in [0.1, 0.15) is 0 Å². The van der Waals surface area contributed by atoms with E-state index in [1.165, 1.54) is 12.2 Å². The van der Waals surface area contributed by atoms with Crippen molar-refractivity contribution >= 4 is 8.07 Å². The summed E-state index contributed by atoms with van der Waals surface area (Å²) in [6.45, 7) is 23.6. The Morgan fingerprint density at radius 1 is 1.18 bits per heavy atom. The van der Waals surface area contributed by atoms with Crippen LogP contribution in [0.1, 0.15) is 6.42 Å². The topological polar surface area (TPSA) is 0 Å². The molecule has 0 saturated carbocycles. The zero-order valence-corrected chi connectivity index (χ0v) is 14.7. The van der Waals surface area contributed by atoms with Gasteiger partial charge in [-0.15, -0.1) is 14.5 Å². The second-order valence-corrected chi connectivity index (χ2v) is 9.26. The summed E-state index contributed by atoms with van der Waals surface area (Å²) < 4.78 is 0. The van der Waals surface area contributed by atoms with E-state index in [1.807, 2.05) is 12.2 Å². The molecular weight excluding hydrogens is 403 g/mol. The molecule has 17 heavy (non-hydrogen) atoms. The summed E-state index contributed by atoms with van der Waals surface area (Å²) in [5, 5.41) is 0. The monoisotopic (exact) mass is 429 g/mol. The standard InChI is InChI=1S/C5H5.C4H11Si.2C3H5.Pt/c1-2-4-5-3-1;1-5(2,3)4;2*1-3-2;/h1-3H,4H2;1H2,2-4H3;2*3H,1-2H2;/q4*-1;+4. The Bertz CT molecular complexity index is 175. The van der Waals surface area contributed by atoms with E-state index >= 15 is 0 Å². The normalized spacial score (nSPS) is 10.1. The third-order valence-electron chi connectivity index (χ3n) is 0.586. The van der Waals surface area contributed by atoms with Gasteiger partial charge in [0.25, 0.3) is 0 Å². The molecule has 1 aliphatic carbocycles. The molecule has 100 valence electrons. The van der Waals surface area contributed by atoms with Gasteiger partial charge in [0.05, 0.1) is 0 Å². The summed E-state index contributed by atoms with van der Waals surface area (Å²) in [6.07, 6.45) is 13.0. The molecule has 1 rings (SSSR count). The van der Waals surface area contributed by atoms with Gasteiger partial charge in [-0.3, -0.25) is 6.08 Å². The van der Waals surface area contributed by atoms with Crippen LogP contribution < -0.4 is 0 Å². The molecule has 0 atom stereocenters. The van der Waals surface area contributed by atoms with Crippen LogP contribution in [0.3, 0.4) is 0 Å². The number of allylic oxidation sites excluding steroid dienone is 6. The van der Waals surface area contributed by atoms with Gasteiger partial charge in [-0.2, -0.15) is 6.08 Å². The van der Waals surface area contributed by atoms with E-state index in [0.29, 0.717) is 0 Å². The van der Waals surface area contributed by atoms with Crippen LogP contribution in [0.15, 0.2) is 43.5 Å². The summed E-state index contributed by atoms with van der Waals surface area (Å²) in [5.74, 6) is 0. The Morgan fingerprint density at radius 2 is 1.47 bits per heavy atom. The van der Waals surface area contributed by atoms with Crippen LogP contribution in [0.25, 0.3) is 0 Å². The predicted molar refractivity (Wildman–Crippen MR) is 81.4 cm³/mol. The van der Waals surface area contributed by atoms with Crippen LogP contribution in [0.2, 0.25) is 19.6 Å². The van der Waals surface area contributed by atoms with Gasteiger partial charge >= 0.3 is 21.1 Å². The van der Waals surface area contributed by atoms with Crippen molar-refractivity contribution in [3.05, 3.63) is 70.0 Å². The van der Waals surface area contributed by atoms with E-state index < -0.39 is 8.07 Å². The van der Waals surface area contributed by atoms with Gasteiger partial charge in [-0.1, -0.05) is 19.6 Å². The first-order valence-electron chi connectivity index (χ1n) is 5.20. The van der Waals surface area contributed by atoms with Crippen molar-refractivity contribution in [2.75, 3.05) is 0 Å². The number of hydrogen-bond acceptors (Lipinski definition) is 0. The summed E-state index contributed by atoms with van der Waals surface area (Å²) in [6, 6.07) is 0. The van der Waals surface area contributed by atoms with Gasteiger partial charge in [-0.05, 0) is 0 Å². The van der Waals surface area contributed by atoms with E-state index in [1.54, 1.807) is 0 Å². The van der Waals surface area contributed by atoms with Crippen LogP contribution in [0.5, 0.6) is 0 Å². The van der Waals surface area contributed by atoms with Gasteiger partial charge in [0.2, 0.25) is 0 Å². The van der Waals surface area contributed by atoms with Crippen molar-refractivity contribution in [3.63, 3.8) is 0 Å². The molecule has 0 unspecified atom stereocenters. The zero-order valence-electron chi connectivity index (χ0n) is 11.4. The summed E-state index contributed by atoms with van der Waals surface area (Å²) in [5.41, 5.74) is 0. The Morgan fingerprint density at radius 3 is 1.53 bits per heavy atom. The third-order valence-corrected chi connectivity index (χ3v) is 0.586. The SMILES string of the molecule is C=C[CH2-].C=C[CH2-].[C-]1=CC=CC1.[CH2-][Si](C)(C)C.[Pt+4]. The Balaban J connectivity index is -0.0000000673. The van der Waals surface area contributed by atoms with Crippen molar-refractivity contribution in [1.29, 1.82) is 0 Å². The molecule has 0 spiro atoms. The average molecular weight is 430 g/mol. The molecule has 0 aromatic heterocycles. The van der Waals surface area contributed by atoms with Crippen molar-refractivity contribution in [1.82, 2.24) is 0 Å². The molecule has 0 amide bonds. The Kier molecular flexibility index (Phi) is 31.4. The second-order valence-electron chi connectivity index (χ2n) is 4.14. The van der Waals surface area contributed by atoms with Gasteiger partial charge in [0.15, 0.2) is 0 Å². The van der Waals surface area contributed by atoms with Crippen LogP contribution in [-0.4, -0.2) is 8.07 Å². The first-order chi connectivity index (χ1) is 7.33. The fourth-order valence-corrected chi connectivity index (χ4v) is 0.340. The molecule has 0 fully saturated rings. The maximum absolute atomic E-state index is 3.91. The molecule has 0 aromatic rings. The minimum atomic E-state index is -0.861. The molecule has 0 saturated heterocycles. The van der Waals surface area contributed by atoms with Gasteiger partial charge < -0.3 is 6.55 Å². The van der Waals surface area contributed by atoms with Crippen molar-refractivity contribution in [3.8, 4) is 0 Å². The maximum Gasteiger partial charge on any atom is 4.00 e. The molecule has 0 radical (unpaired) electrons. The van der Waals surface area contributed by atoms with Crippen molar-refractivity contribution in [2.24, 2.45) is 0 Å².